The zero-order valence-electron chi connectivity index (χ0n) is 29.2. The van der Waals surface area contributed by atoms with Crippen LogP contribution in [-0.2, 0) is 9.59 Å². The van der Waals surface area contributed by atoms with Gasteiger partial charge in [0, 0.05) is 19.3 Å². The van der Waals surface area contributed by atoms with Crippen molar-refractivity contribution in [2.75, 3.05) is 0 Å². The van der Waals surface area contributed by atoms with E-state index in [1.54, 1.807) is 6.92 Å². The van der Waals surface area contributed by atoms with E-state index in [2.05, 4.69) is 20.8 Å². The number of ketones is 2. The molecular formula is C39H78O2. The maximum Gasteiger partial charge on any atom is 0.132 e. The predicted molar refractivity (Wildman–Crippen MR) is 185 cm³/mol. The van der Waals surface area contributed by atoms with Gasteiger partial charge in [-0.1, -0.05) is 194 Å². The van der Waals surface area contributed by atoms with Crippen LogP contribution in [0, 0.1) is 0 Å². The first-order chi connectivity index (χ1) is 20.1. The summed E-state index contributed by atoms with van der Waals surface area (Å²) in [5.41, 5.74) is 0. The molecule has 0 aromatic rings. The molecule has 0 aromatic carbocycles. The Hall–Kier alpha value is -0.660. The van der Waals surface area contributed by atoms with E-state index >= 15 is 0 Å². The second kappa shape index (κ2) is 39.3. The monoisotopic (exact) mass is 579 g/mol. The molecule has 0 heterocycles. The predicted octanol–water partition coefficient (Wildman–Crippen LogP) is 14.1. The van der Waals surface area contributed by atoms with Gasteiger partial charge in [-0.15, -0.1) is 0 Å². The van der Waals surface area contributed by atoms with Gasteiger partial charge in [0.1, 0.15) is 11.6 Å². The lowest BCUT2D eigenvalue weighted by molar-refractivity contribution is -0.119. The Kier molecular flexibility index (Phi) is 40.8. The number of Topliss-reactive ketones (excluding diaryl/α,β-unsaturated/α-hetero) is 2. The third kappa shape index (κ3) is 43.9. The number of hydrogen-bond acceptors (Lipinski definition) is 2. The van der Waals surface area contributed by atoms with Crippen molar-refractivity contribution in [3.63, 3.8) is 0 Å². The van der Waals surface area contributed by atoms with E-state index < -0.39 is 0 Å². The number of hydrogen-bond donors (Lipinski definition) is 0. The summed E-state index contributed by atoms with van der Waals surface area (Å²) in [6, 6.07) is 0. The molecule has 0 aliphatic heterocycles. The Morgan fingerprint density at radius 1 is 0.293 bits per heavy atom. The van der Waals surface area contributed by atoms with Gasteiger partial charge in [0.05, 0.1) is 0 Å². The highest BCUT2D eigenvalue weighted by Crippen LogP contribution is 2.15. The summed E-state index contributed by atoms with van der Waals surface area (Å²) in [6.45, 7) is 8.49. The van der Waals surface area contributed by atoms with E-state index in [1.807, 2.05) is 0 Å². The van der Waals surface area contributed by atoms with Gasteiger partial charge in [0.2, 0.25) is 0 Å². The van der Waals surface area contributed by atoms with Gasteiger partial charge < -0.3 is 4.79 Å². The molecule has 0 saturated carbocycles. The average Bonchev–Trinajstić information content (AvgIpc) is 2.96. The summed E-state index contributed by atoms with van der Waals surface area (Å²) in [5.74, 6) is 0.854. The van der Waals surface area contributed by atoms with Crippen LogP contribution in [0.25, 0.3) is 0 Å². The molecule has 0 N–H and O–H groups in total. The highest BCUT2D eigenvalue weighted by molar-refractivity contribution is 5.78. The van der Waals surface area contributed by atoms with E-state index in [1.165, 1.54) is 173 Å². The van der Waals surface area contributed by atoms with Crippen LogP contribution >= 0.6 is 0 Å². The highest BCUT2D eigenvalue weighted by atomic mass is 16.1. The number of carbonyl (C=O) groups excluding carboxylic acids is 2. The van der Waals surface area contributed by atoms with Crippen LogP contribution in [0.3, 0.4) is 0 Å². The topological polar surface area (TPSA) is 34.1 Å². The van der Waals surface area contributed by atoms with E-state index in [9.17, 15) is 9.59 Å². The van der Waals surface area contributed by atoms with Crippen LogP contribution in [0.2, 0.25) is 0 Å². The zero-order valence-corrected chi connectivity index (χ0v) is 29.2. The van der Waals surface area contributed by atoms with E-state index in [0.717, 1.165) is 38.5 Å². The van der Waals surface area contributed by atoms with Gasteiger partial charge in [-0.3, -0.25) is 4.79 Å². The second-order valence-corrected chi connectivity index (χ2v) is 13.0. The molecule has 0 atom stereocenters. The van der Waals surface area contributed by atoms with E-state index in [4.69, 9.17) is 0 Å². The Morgan fingerprint density at radius 3 is 0.707 bits per heavy atom. The molecule has 2 nitrogen and oxygen atoms in total. The van der Waals surface area contributed by atoms with Crippen molar-refractivity contribution >= 4 is 11.6 Å². The fourth-order valence-corrected chi connectivity index (χ4v) is 5.61. The SMILES string of the molecule is CCCCCCCCCC(=O)CCCCCCCCC.CCCCCCCCCCCCCCCCCCC(C)=O. The van der Waals surface area contributed by atoms with Crippen LogP contribution < -0.4 is 0 Å². The Labute approximate surface area is 260 Å². The molecule has 0 aliphatic carbocycles. The maximum atomic E-state index is 11.7. The molecule has 0 radical (unpaired) electrons. The summed E-state index contributed by atoms with van der Waals surface area (Å²) in [4.78, 5) is 22.5. The minimum atomic E-state index is 0.348. The van der Waals surface area contributed by atoms with Crippen LogP contribution in [-0.4, -0.2) is 11.6 Å². The quantitative estimate of drug-likeness (QED) is 0.0726. The maximum absolute atomic E-state index is 11.7. The Balaban J connectivity index is 0. The van der Waals surface area contributed by atoms with Crippen LogP contribution in [0.5, 0.6) is 0 Å². The zero-order chi connectivity index (χ0) is 30.5. The molecule has 0 amide bonds. The third-order valence-electron chi connectivity index (χ3n) is 8.50. The highest BCUT2D eigenvalue weighted by Gasteiger charge is 2.02. The molecule has 2 heteroatoms. The van der Waals surface area contributed by atoms with Crippen molar-refractivity contribution < 1.29 is 9.59 Å². The minimum Gasteiger partial charge on any atom is -0.300 e. The van der Waals surface area contributed by atoms with Gasteiger partial charge in [-0.05, 0) is 26.2 Å². The standard InChI is InChI=1S/C20H40O.C19H38O/c1-3-4-5-6-7-8-9-10-11-12-13-14-15-16-17-18-19-20(2)21;1-3-5-7-9-11-13-15-17-19(20)18-16-14-12-10-8-6-4-2/h3-19H2,1-2H3;3-18H2,1-2H3. The Bertz CT molecular complexity index is 478. The molecule has 0 fully saturated rings. The molecule has 0 aromatic heterocycles. The second-order valence-electron chi connectivity index (χ2n) is 13.0. The van der Waals surface area contributed by atoms with E-state index in [0.29, 0.717) is 11.6 Å². The van der Waals surface area contributed by atoms with Gasteiger partial charge >= 0.3 is 0 Å². The lowest BCUT2D eigenvalue weighted by atomic mass is 10.0. The number of unbranched alkanes of at least 4 members (excludes halogenated alkanes) is 27. The lowest BCUT2D eigenvalue weighted by Gasteiger charge is -2.03. The summed E-state index contributed by atoms with van der Waals surface area (Å²) in [5, 5.41) is 0. The van der Waals surface area contributed by atoms with Gasteiger partial charge in [-0.25, -0.2) is 0 Å². The average molecular weight is 579 g/mol. The first kappa shape index (κ1) is 42.5. The molecule has 0 aliphatic rings. The molecule has 0 saturated heterocycles. The summed E-state index contributed by atoms with van der Waals surface area (Å²) in [7, 11) is 0. The van der Waals surface area contributed by atoms with Crippen LogP contribution in [0.15, 0.2) is 0 Å². The molecule has 0 rings (SSSR count). The van der Waals surface area contributed by atoms with Crippen molar-refractivity contribution in [3.8, 4) is 0 Å². The van der Waals surface area contributed by atoms with Crippen molar-refractivity contribution in [2.45, 2.75) is 240 Å². The molecule has 0 bridgehead atoms. The molecule has 41 heavy (non-hydrogen) atoms. The number of carbonyl (C=O) groups is 2. The fraction of sp³-hybridized carbons (Fsp3) is 0.949. The van der Waals surface area contributed by atoms with Crippen molar-refractivity contribution in [2.24, 2.45) is 0 Å². The molecule has 0 unspecified atom stereocenters. The fourth-order valence-electron chi connectivity index (χ4n) is 5.61. The largest absolute Gasteiger partial charge is 0.300 e. The smallest absolute Gasteiger partial charge is 0.132 e. The molecule has 0 spiro atoms. The van der Waals surface area contributed by atoms with Crippen molar-refractivity contribution in [3.05, 3.63) is 0 Å². The Morgan fingerprint density at radius 2 is 0.488 bits per heavy atom. The number of rotatable bonds is 33. The van der Waals surface area contributed by atoms with Gasteiger partial charge in [-0.2, -0.15) is 0 Å². The molecule has 246 valence electrons. The van der Waals surface area contributed by atoms with Crippen LogP contribution in [0.4, 0.5) is 0 Å². The van der Waals surface area contributed by atoms with Crippen molar-refractivity contribution in [1.29, 1.82) is 0 Å². The minimum absolute atomic E-state index is 0.348. The third-order valence-corrected chi connectivity index (χ3v) is 8.50. The first-order valence-electron chi connectivity index (χ1n) is 19.1. The molecular weight excluding hydrogens is 500 g/mol. The van der Waals surface area contributed by atoms with Gasteiger partial charge in [0.25, 0.3) is 0 Å². The van der Waals surface area contributed by atoms with Crippen molar-refractivity contribution in [1.82, 2.24) is 0 Å². The summed E-state index contributed by atoms with van der Waals surface area (Å²) < 4.78 is 0. The lowest BCUT2D eigenvalue weighted by Crippen LogP contribution is -1.97. The summed E-state index contributed by atoms with van der Waals surface area (Å²) in [6.07, 6.45) is 43.0. The first-order valence-corrected chi connectivity index (χ1v) is 19.1. The van der Waals surface area contributed by atoms with E-state index in [-0.39, 0.29) is 0 Å². The van der Waals surface area contributed by atoms with Gasteiger partial charge in [0.15, 0.2) is 0 Å². The summed E-state index contributed by atoms with van der Waals surface area (Å²) >= 11 is 0. The normalized spacial score (nSPS) is 10.9. The van der Waals surface area contributed by atoms with Crippen LogP contribution in [0.1, 0.15) is 240 Å².